The van der Waals surface area contributed by atoms with Crippen LogP contribution in [0.15, 0.2) is 29.1 Å². The molecule has 1 aliphatic heterocycles. The fourth-order valence-electron chi connectivity index (χ4n) is 4.98. The molecule has 1 saturated heterocycles. The zero-order chi connectivity index (χ0) is 27.9. The van der Waals surface area contributed by atoms with Crippen LogP contribution >= 0.6 is 0 Å². The van der Waals surface area contributed by atoms with E-state index in [1.165, 1.54) is 26.0 Å². The summed E-state index contributed by atoms with van der Waals surface area (Å²) in [4.78, 5) is 36.8. The largest absolute Gasteiger partial charge is 0.433 e. The number of nitrogens with zero attached hydrogens (tertiary/aromatic N) is 4. The number of likely N-dealkylation sites (tertiary alicyclic amines) is 1. The highest BCUT2D eigenvalue weighted by Gasteiger charge is 2.38. The summed E-state index contributed by atoms with van der Waals surface area (Å²) in [5.41, 5.74) is -2.61. The first-order valence-corrected chi connectivity index (χ1v) is 12.0. The summed E-state index contributed by atoms with van der Waals surface area (Å²) in [7, 11) is 0. The molecule has 0 aliphatic carbocycles. The number of rotatable bonds is 4. The Labute approximate surface area is 215 Å². The smallest absolute Gasteiger partial charge is 0.376 e. The van der Waals surface area contributed by atoms with Crippen LogP contribution in [-0.4, -0.2) is 38.8 Å². The van der Waals surface area contributed by atoms with E-state index in [2.05, 4.69) is 26.3 Å². The van der Waals surface area contributed by atoms with E-state index in [4.69, 9.17) is 0 Å². The van der Waals surface area contributed by atoms with Crippen LogP contribution in [0.2, 0.25) is 0 Å². The first kappa shape index (κ1) is 27.0. The molecule has 3 heterocycles. The van der Waals surface area contributed by atoms with E-state index >= 15 is 4.39 Å². The lowest BCUT2D eigenvalue weighted by Gasteiger charge is -2.38. The van der Waals surface area contributed by atoms with Gasteiger partial charge >= 0.3 is 6.18 Å². The normalized spacial score (nSPS) is 20.7. The number of aromatic amines is 1. The quantitative estimate of drug-likeness (QED) is 0.467. The van der Waals surface area contributed by atoms with Crippen molar-refractivity contribution in [3.05, 3.63) is 63.1 Å². The molecule has 0 spiro atoms. The lowest BCUT2D eigenvalue weighted by atomic mass is 9.80. The van der Waals surface area contributed by atoms with Crippen molar-refractivity contribution in [3.8, 4) is 6.07 Å². The van der Waals surface area contributed by atoms with Gasteiger partial charge in [-0.15, -0.1) is 0 Å². The van der Waals surface area contributed by atoms with Gasteiger partial charge in [-0.25, -0.2) is 14.4 Å². The molecule has 0 bridgehead atoms. The van der Waals surface area contributed by atoms with E-state index in [0.29, 0.717) is 13.1 Å². The molecule has 1 fully saturated rings. The number of carbonyl (C=O) groups is 1. The summed E-state index contributed by atoms with van der Waals surface area (Å²) in [6.45, 7) is 7.32. The molecule has 0 radical (unpaired) electrons. The number of nitrogens with one attached hydrogen (secondary N) is 2. The van der Waals surface area contributed by atoms with Crippen LogP contribution in [0.5, 0.6) is 0 Å². The molecule has 3 atom stereocenters. The highest BCUT2D eigenvalue weighted by atomic mass is 19.4. The van der Waals surface area contributed by atoms with Gasteiger partial charge in [0.2, 0.25) is 0 Å². The van der Waals surface area contributed by atoms with Gasteiger partial charge in [0.25, 0.3) is 11.5 Å². The van der Waals surface area contributed by atoms with Gasteiger partial charge in [-0.1, -0.05) is 13.8 Å². The summed E-state index contributed by atoms with van der Waals surface area (Å²) < 4.78 is 56.6. The summed E-state index contributed by atoms with van der Waals surface area (Å²) in [5.74, 6) is -1.34. The molecular formula is C26H26F4N6O2. The number of fused-ring (bicyclic) bond motifs is 1. The number of carbonyl (C=O) groups excluding carboxylic acids is 1. The lowest BCUT2D eigenvalue weighted by Crippen LogP contribution is -2.46. The fourth-order valence-corrected chi connectivity index (χ4v) is 4.98. The minimum Gasteiger partial charge on any atom is -0.376 e. The predicted octanol–water partition coefficient (Wildman–Crippen LogP) is 4.83. The number of H-pyrrole nitrogens is 1. The average molecular weight is 531 g/mol. The molecule has 38 heavy (non-hydrogen) atoms. The number of amides is 1. The van der Waals surface area contributed by atoms with Gasteiger partial charge in [-0.2, -0.15) is 18.4 Å². The monoisotopic (exact) mass is 530 g/mol. The molecule has 1 aliphatic rings. The van der Waals surface area contributed by atoms with Crippen molar-refractivity contribution in [2.24, 2.45) is 17.8 Å². The van der Waals surface area contributed by atoms with Crippen LogP contribution in [0.4, 0.5) is 23.2 Å². The molecule has 1 aromatic carbocycles. The van der Waals surface area contributed by atoms with E-state index < -0.39 is 35.2 Å². The van der Waals surface area contributed by atoms with Crippen LogP contribution in [0.3, 0.4) is 0 Å². The van der Waals surface area contributed by atoms with Crippen molar-refractivity contribution >= 4 is 22.6 Å². The van der Waals surface area contributed by atoms with Gasteiger partial charge in [-0.3, -0.25) is 9.59 Å². The van der Waals surface area contributed by atoms with E-state index in [-0.39, 0.29) is 51.4 Å². The highest BCUT2D eigenvalue weighted by molar-refractivity contribution is 5.94. The third kappa shape index (κ3) is 5.18. The van der Waals surface area contributed by atoms with Crippen molar-refractivity contribution in [1.29, 1.82) is 5.26 Å². The molecule has 2 aromatic heterocycles. The van der Waals surface area contributed by atoms with Gasteiger partial charge in [0.05, 0.1) is 29.1 Å². The second-order valence-electron chi connectivity index (χ2n) is 9.83. The molecule has 2 N–H and O–H groups in total. The number of piperidine rings is 1. The number of benzene rings is 1. The summed E-state index contributed by atoms with van der Waals surface area (Å²) in [6.07, 6.45) is -4.85. The molecule has 0 saturated carbocycles. The molecule has 3 aromatic rings. The van der Waals surface area contributed by atoms with Crippen LogP contribution in [0.1, 0.15) is 54.3 Å². The Bertz CT molecular complexity index is 1480. The zero-order valence-corrected chi connectivity index (χ0v) is 21.2. The Balaban J connectivity index is 1.61. The van der Waals surface area contributed by atoms with Crippen LogP contribution < -0.4 is 10.9 Å². The molecule has 8 nitrogen and oxygen atoms in total. The maximum absolute atomic E-state index is 15.0. The van der Waals surface area contributed by atoms with Crippen molar-refractivity contribution in [2.75, 3.05) is 18.4 Å². The van der Waals surface area contributed by atoms with Gasteiger partial charge in [-0.05, 0) is 49.9 Å². The van der Waals surface area contributed by atoms with Crippen molar-refractivity contribution in [1.82, 2.24) is 19.9 Å². The molecule has 3 unspecified atom stereocenters. The van der Waals surface area contributed by atoms with Crippen LogP contribution in [0, 0.1) is 41.8 Å². The lowest BCUT2D eigenvalue weighted by molar-refractivity contribution is -0.141. The number of alkyl halides is 3. The van der Waals surface area contributed by atoms with Gasteiger partial charge < -0.3 is 15.2 Å². The third-order valence-electron chi connectivity index (χ3n) is 6.85. The molecule has 1 amide bonds. The number of nitriles is 1. The Morgan fingerprint density at radius 1 is 1.21 bits per heavy atom. The summed E-state index contributed by atoms with van der Waals surface area (Å²) in [5, 5.41) is 11.9. The number of aromatic nitrogens is 3. The number of halogens is 4. The van der Waals surface area contributed by atoms with E-state index in [1.54, 1.807) is 4.90 Å². The Kier molecular flexibility index (Phi) is 7.14. The highest BCUT2D eigenvalue weighted by Crippen LogP contribution is 2.36. The number of hydrogen-bond acceptors (Lipinski definition) is 6. The van der Waals surface area contributed by atoms with E-state index in [9.17, 15) is 28.0 Å². The second-order valence-corrected chi connectivity index (χ2v) is 9.83. The van der Waals surface area contributed by atoms with Gasteiger partial charge in [0.15, 0.2) is 11.3 Å². The van der Waals surface area contributed by atoms with E-state index in [1.807, 2.05) is 13.8 Å². The predicted molar refractivity (Wildman–Crippen MR) is 132 cm³/mol. The van der Waals surface area contributed by atoms with Crippen molar-refractivity contribution in [2.45, 2.75) is 39.9 Å². The van der Waals surface area contributed by atoms with Crippen molar-refractivity contribution < 1.29 is 22.4 Å². The van der Waals surface area contributed by atoms with Crippen molar-refractivity contribution in [3.63, 3.8) is 0 Å². The topological polar surface area (TPSA) is 115 Å². The standard InChI is InChI=1S/C26H26F4N6O2/c1-12-10-36(11-13(2)19(12)9-31)25(38)16-5-6-21(20(27)7-16)32-14(3)17-8-18-23(33-15(4)34-24(18)37)35-22(17)26(28,29)30/h5-8,12-14,19,32H,10-11H2,1-4H3,(H,33,34,35,37). The number of hydrogen-bond donors (Lipinski definition) is 2. The molecule has 200 valence electrons. The Morgan fingerprint density at radius 2 is 1.87 bits per heavy atom. The SMILES string of the molecule is Cc1nc2nc(C(F)(F)F)c(C(C)Nc3ccc(C(=O)N4CC(C)C(C#N)C(C)C4)cc3F)cc2c(=O)[nH]1. The molecule has 4 rings (SSSR count). The average Bonchev–Trinajstić information content (AvgIpc) is 2.83. The minimum atomic E-state index is -4.85. The minimum absolute atomic E-state index is 0.0379. The summed E-state index contributed by atoms with van der Waals surface area (Å²) in [6, 6.07) is 5.94. The number of anilines is 1. The van der Waals surface area contributed by atoms with E-state index in [0.717, 1.165) is 12.1 Å². The molecule has 12 heteroatoms. The Hall–Kier alpha value is -4.01. The molecular weight excluding hydrogens is 504 g/mol. The van der Waals surface area contributed by atoms with Gasteiger partial charge in [0, 0.05) is 24.2 Å². The number of pyridine rings is 1. The van der Waals surface area contributed by atoms with Crippen LogP contribution in [0.25, 0.3) is 11.0 Å². The van der Waals surface area contributed by atoms with Crippen LogP contribution in [-0.2, 0) is 6.18 Å². The maximum atomic E-state index is 15.0. The Morgan fingerprint density at radius 3 is 2.45 bits per heavy atom. The fraction of sp³-hybridized carbons (Fsp3) is 0.423. The summed E-state index contributed by atoms with van der Waals surface area (Å²) >= 11 is 0. The third-order valence-corrected chi connectivity index (χ3v) is 6.85. The number of aryl methyl sites for hydroxylation is 1. The first-order valence-electron chi connectivity index (χ1n) is 12.0. The zero-order valence-electron chi connectivity index (χ0n) is 21.2. The van der Waals surface area contributed by atoms with Gasteiger partial charge in [0.1, 0.15) is 11.6 Å². The maximum Gasteiger partial charge on any atom is 0.433 e. The first-order chi connectivity index (χ1) is 17.8. The second kappa shape index (κ2) is 10.0.